The summed E-state index contributed by atoms with van der Waals surface area (Å²) in [5, 5.41) is 13.6. The maximum atomic E-state index is 14.9. The molecule has 1 aliphatic carbocycles. The van der Waals surface area contributed by atoms with E-state index in [1.165, 1.54) is 22.2 Å². The SMILES string of the molecule is CCOC1CCC(=[N+]2C=C(NC(=O)c3csc(-c4cnn(COC(=O)CCOCCOCCOCCOCCOCCOCCN)c4)n3)C(c3nc(F)ccc3F)=N2)CC1. The van der Waals surface area contributed by atoms with E-state index >= 15 is 0 Å². The molecule has 5 rings (SSSR count). The Morgan fingerprint density at radius 2 is 1.53 bits per heavy atom. The quantitative estimate of drug-likeness (QED) is 0.0466. The first kappa shape index (κ1) is 46.6. The number of allylic oxidation sites excluding steroid dienone is 1. The number of rotatable bonds is 28. The van der Waals surface area contributed by atoms with Crippen LogP contribution in [0.2, 0.25) is 0 Å². The maximum absolute atomic E-state index is 14.9. The lowest BCUT2D eigenvalue weighted by atomic mass is 9.95. The Morgan fingerprint density at radius 3 is 2.17 bits per heavy atom. The highest BCUT2D eigenvalue weighted by Gasteiger charge is 2.33. The fourth-order valence-corrected chi connectivity index (χ4v) is 6.61. The molecule has 4 heterocycles. The molecule has 21 heteroatoms. The highest BCUT2D eigenvalue weighted by molar-refractivity contribution is 7.13. The molecule has 3 N–H and O–H groups in total. The number of nitrogens with two attached hydrogens (primary N) is 1. The first-order valence-electron chi connectivity index (χ1n) is 19.8. The van der Waals surface area contributed by atoms with Gasteiger partial charge < -0.3 is 48.9 Å². The molecule has 1 aliphatic heterocycles. The fourth-order valence-electron chi connectivity index (χ4n) is 5.84. The van der Waals surface area contributed by atoms with Gasteiger partial charge in [0.2, 0.25) is 12.1 Å². The number of carbonyl (C=O) groups is 2. The molecule has 1 fully saturated rings. The average Bonchev–Trinajstić information content (AvgIpc) is 4.03. The average molecular weight is 864 g/mol. The summed E-state index contributed by atoms with van der Waals surface area (Å²) in [5.74, 6) is -2.72. The molecule has 0 saturated heterocycles. The van der Waals surface area contributed by atoms with E-state index in [-0.39, 0.29) is 48.7 Å². The van der Waals surface area contributed by atoms with Crippen LogP contribution in [0.15, 0.2) is 46.9 Å². The summed E-state index contributed by atoms with van der Waals surface area (Å²) in [6.45, 7) is 8.01. The van der Waals surface area contributed by atoms with Gasteiger partial charge in [-0.2, -0.15) is 9.49 Å². The topological polar surface area (TPSA) is 205 Å². The summed E-state index contributed by atoms with van der Waals surface area (Å²) in [6.07, 6.45) is 7.91. The van der Waals surface area contributed by atoms with Gasteiger partial charge >= 0.3 is 5.97 Å². The van der Waals surface area contributed by atoms with E-state index in [9.17, 15) is 18.4 Å². The van der Waals surface area contributed by atoms with Gasteiger partial charge in [0.25, 0.3) is 5.91 Å². The Bertz CT molecular complexity index is 1900. The van der Waals surface area contributed by atoms with E-state index in [1.807, 2.05) is 6.92 Å². The van der Waals surface area contributed by atoms with Crippen molar-refractivity contribution in [2.24, 2.45) is 10.8 Å². The van der Waals surface area contributed by atoms with Crippen LogP contribution < -0.4 is 11.1 Å². The predicted molar refractivity (Wildman–Crippen MR) is 213 cm³/mol. The van der Waals surface area contributed by atoms with Gasteiger partial charge in [0, 0.05) is 48.2 Å². The van der Waals surface area contributed by atoms with Gasteiger partial charge in [-0.25, -0.2) is 19.0 Å². The van der Waals surface area contributed by atoms with Gasteiger partial charge in [-0.1, -0.05) is 4.68 Å². The van der Waals surface area contributed by atoms with Crippen LogP contribution >= 0.6 is 11.3 Å². The summed E-state index contributed by atoms with van der Waals surface area (Å²) in [4.78, 5) is 33.9. The van der Waals surface area contributed by atoms with Crippen molar-refractivity contribution >= 4 is 34.6 Å². The maximum Gasteiger partial charge on any atom is 0.309 e. The van der Waals surface area contributed by atoms with Crippen molar-refractivity contribution in [1.29, 1.82) is 0 Å². The molecule has 1 saturated carbocycles. The van der Waals surface area contributed by atoms with Gasteiger partial charge in [0.05, 0.1) is 98.0 Å². The van der Waals surface area contributed by atoms with Crippen molar-refractivity contribution in [2.45, 2.75) is 51.9 Å². The molecule has 1 amide bonds. The molecule has 2 aliphatic rings. The molecule has 0 bridgehead atoms. The first-order valence-corrected chi connectivity index (χ1v) is 20.7. The molecule has 0 unspecified atom stereocenters. The lowest BCUT2D eigenvalue weighted by Crippen LogP contribution is -2.28. The minimum absolute atomic E-state index is 0.0118. The highest BCUT2D eigenvalue weighted by Crippen LogP contribution is 2.25. The number of ether oxygens (including phenoxy) is 8. The number of carbonyl (C=O) groups excluding carboxylic acids is 2. The number of hydrogen-bond acceptors (Lipinski definition) is 16. The first-order chi connectivity index (χ1) is 29.3. The third-order valence-electron chi connectivity index (χ3n) is 8.78. The molecule has 0 radical (unpaired) electrons. The zero-order valence-electron chi connectivity index (χ0n) is 33.7. The largest absolute Gasteiger partial charge is 0.442 e. The van der Waals surface area contributed by atoms with E-state index in [1.54, 1.807) is 22.5 Å². The number of esters is 1. The Balaban J connectivity index is 0.974. The summed E-state index contributed by atoms with van der Waals surface area (Å²) in [5.41, 5.74) is 6.79. The molecule has 0 aromatic carbocycles. The van der Waals surface area contributed by atoms with Crippen molar-refractivity contribution in [1.82, 2.24) is 25.1 Å². The van der Waals surface area contributed by atoms with E-state index < -0.39 is 23.6 Å². The molecule has 18 nitrogen and oxygen atoms in total. The molecule has 328 valence electrons. The van der Waals surface area contributed by atoms with Crippen LogP contribution in [0, 0.1) is 11.8 Å². The second kappa shape index (κ2) is 26.0. The third kappa shape index (κ3) is 15.5. The summed E-state index contributed by atoms with van der Waals surface area (Å²) < 4.78 is 75.5. The highest BCUT2D eigenvalue weighted by atomic mass is 32.1. The molecule has 60 heavy (non-hydrogen) atoms. The number of thiazole rings is 1. The lowest BCUT2D eigenvalue weighted by Gasteiger charge is -2.20. The van der Waals surface area contributed by atoms with Gasteiger partial charge in [-0.3, -0.25) is 9.59 Å². The molecule has 0 atom stereocenters. The van der Waals surface area contributed by atoms with Gasteiger partial charge in [0.15, 0.2) is 24.0 Å². The van der Waals surface area contributed by atoms with Crippen LogP contribution in [-0.2, 0) is 49.4 Å². The number of pyridine rings is 1. The van der Waals surface area contributed by atoms with Crippen LogP contribution in [0.3, 0.4) is 0 Å². The number of nitrogens with zero attached hydrogens (tertiary/aromatic N) is 6. The second-order valence-electron chi connectivity index (χ2n) is 13.1. The molecule has 3 aromatic rings. The Labute approximate surface area is 350 Å². The minimum atomic E-state index is -0.883. The summed E-state index contributed by atoms with van der Waals surface area (Å²) >= 11 is 1.21. The zero-order chi connectivity index (χ0) is 42.4. The van der Waals surface area contributed by atoms with Crippen molar-refractivity contribution in [3.8, 4) is 10.6 Å². The van der Waals surface area contributed by atoms with Crippen molar-refractivity contribution in [3.63, 3.8) is 0 Å². The van der Waals surface area contributed by atoms with Crippen molar-refractivity contribution in [2.75, 3.05) is 92.4 Å². The van der Waals surface area contributed by atoms with E-state index in [4.69, 9.17) is 43.6 Å². The third-order valence-corrected chi connectivity index (χ3v) is 9.67. The predicted octanol–water partition coefficient (Wildman–Crippen LogP) is 3.05. The van der Waals surface area contributed by atoms with Gasteiger partial charge in [0.1, 0.15) is 22.1 Å². The molecule has 0 spiro atoms. The smallest absolute Gasteiger partial charge is 0.309 e. The Morgan fingerprint density at radius 1 is 0.900 bits per heavy atom. The number of hydrogen-bond donors (Lipinski definition) is 2. The molecular weight excluding hydrogens is 811 g/mol. The standard InChI is InChI=1S/C39H52F2N8O10S/c1-2-58-30-5-3-29(4-6-30)49-25-32(37(47-49)36-31(40)7-8-34(41)46-36)44-38(51)33-26-60-39(45-33)28-23-43-48(24-28)27-59-35(50)9-11-52-13-15-54-17-19-56-21-22-57-20-18-55-16-14-53-12-10-42/h7-8,23-26,30H,2-6,9-22,27,42H2,1H3/p+1. The van der Waals surface area contributed by atoms with Crippen LogP contribution in [0.4, 0.5) is 8.78 Å². The number of hydrazone groups is 1. The second-order valence-corrected chi connectivity index (χ2v) is 14.0. The van der Waals surface area contributed by atoms with Crippen LogP contribution in [-0.4, -0.2) is 146 Å². The van der Waals surface area contributed by atoms with Crippen LogP contribution in [0.1, 0.15) is 55.2 Å². The minimum Gasteiger partial charge on any atom is -0.442 e. The summed E-state index contributed by atoms with van der Waals surface area (Å²) in [6, 6.07) is 1.88. The van der Waals surface area contributed by atoms with E-state index in [0.717, 1.165) is 30.7 Å². The van der Waals surface area contributed by atoms with E-state index in [0.29, 0.717) is 109 Å². The Kier molecular flexibility index (Phi) is 20.2. The molecular formula is C39H53F2N8O10S+. The Hall–Kier alpha value is -4.45. The van der Waals surface area contributed by atoms with E-state index in [2.05, 4.69) is 25.5 Å². The number of nitrogens with one attached hydrogen (secondary N) is 1. The lowest BCUT2D eigenvalue weighted by molar-refractivity contribution is -0.461. The van der Waals surface area contributed by atoms with Gasteiger partial charge in [-0.05, 0) is 31.9 Å². The van der Waals surface area contributed by atoms with Crippen molar-refractivity contribution in [3.05, 3.63) is 65.0 Å². The van der Waals surface area contributed by atoms with Crippen molar-refractivity contribution < 1.29 is 60.9 Å². The summed E-state index contributed by atoms with van der Waals surface area (Å²) in [7, 11) is 0. The van der Waals surface area contributed by atoms with Crippen LogP contribution in [0.5, 0.6) is 0 Å². The van der Waals surface area contributed by atoms with Crippen LogP contribution in [0.25, 0.3) is 10.6 Å². The fraction of sp³-hybridized carbons (Fsp3) is 0.564. The number of amides is 1. The number of aromatic nitrogens is 4. The van der Waals surface area contributed by atoms with Gasteiger partial charge in [-0.15, -0.1) is 11.3 Å². The normalized spacial score (nSPS) is 15.4. The monoisotopic (exact) mass is 863 g/mol. The number of halogens is 2. The molecule has 3 aromatic heterocycles. The zero-order valence-corrected chi connectivity index (χ0v) is 34.5.